The number of para-hydroxylation sites is 1. The summed E-state index contributed by atoms with van der Waals surface area (Å²) < 4.78 is 0. The Balaban J connectivity index is 1.65. The number of nitrogens with zero attached hydrogens (tertiary/aromatic N) is 2. The van der Waals surface area contributed by atoms with Crippen LogP contribution >= 0.6 is 11.6 Å². The van der Waals surface area contributed by atoms with Crippen molar-refractivity contribution in [2.45, 2.75) is 13.3 Å². The van der Waals surface area contributed by atoms with E-state index in [1.54, 1.807) is 0 Å². The molecule has 1 aliphatic carbocycles. The topological polar surface area (TPSA) is 25.8 Å². The Hall–Kier alpha value is -2.97. The van der Waals surface area contributed by atoms with Crippen molar-refractivity contribution in [2.24, 2.45) is 5.92 Å². The Morgan fingerprint density at radius 1 is 0.821 bits per heavy atom. The third-order valence-corrected chi connectivity index (χ3v) is 5.53. The van der Waals surface area contributed by atoms with Gasteiger partial charge < -0.3 is 0 Å². The molecule has 0 saturated heterocycles. The molecular weight excluding hydrogens is 364 g/mol. The van der Waals surface area contributed by atoms with Crippen LogP contribution in [0.25, 0.3) is 33.8 Å². The van der Waals surface area contributed by atoms with E-state index in [1.165, 1.54) is 21.6 Å². The van der Waals surface area contributed by atoms with Crippen molar-refractivity contribution in [3.05, 3.63) is 94.1 Å². The maximum atomic E-state index is 6.17. The standard InChI is InChI=1S/C25H19ClN2/c1-16-14-19-6-2-3-7-20(19)22(15-16)17-10-12-18(13-11-17)24-21-8-4-5-9-23(21)27-25(26)28-24/h2-14,16H,15H2,1H3. The number of halogens is 1. The molecule has 0 amide bonds. The van der Waals surface area contributed by atoms with E-state index in [4.69, 9.17) is 11.6 Å². The Morgan fingerprint density at radius 3 is 2.39 bits per heavy atom. The second kappa shape index (κ2) is 6.88. The molecule has 28 heavy (non-hydrogen) atoms. The lowest BCUT2D eigenvalue weighted by atomic mass is 9.88. The highest BCUT2D eigenvalue weighted by molar-refractivity contribution is 6.28. The van der Waals surface area contributed by atoms with Crippen LogP contribution in [0.4, 0.5) is 0 Å². The van der Waals surface area contributed by atoms with Crippen LogP contribution < -0.4 is 10.4 Å². The molecule has 2 nitrogen and oxygen atoms in total. The minimum atomic E-state index is 0.276. The fraction of sp³-hybridized carbons (Fsp3) is 0.120. The zero-order valence-corrected chi connectivity index (χ0v) is 16.3. The Labute approximate surface area is 168 Å². The Bertz CT molecular complexity index is 1310. The smallest absolute Gasteiger partial charge is 0.218 e. The Kier molecular flexibility index (Phi) is 4.22. The summed E-state index contributed by atoms with van der Waals surface area (Å²) in [5, 5.41) is 3.95. The molecule has 0 fully saturated rings. The molecule has 3 heteroatoms. The van der Waals surface area contributed by atoms with Crippen molar-refractivity contribution >= 4 is 34.2 Å². The van der Waals surface area contributed by atoms with Gasteiger partial charge in [-0.3, -0.25) is 0 Å². The molecule has 4 aromatic rings. The first-order chi connectivity index (χ1) is 13.7. The van der Waals surface area contributed by atoms with Gasteiger partial charge in [0.25, 0.3) is 0 Å². The largest absolute Gasteiger partial charge is 0.223 e. The fourth-order valence-corrected chi connectivity index (χ4v) is 4.26. The third kappa shape index (κ3) is 3.00. The molecule has 1 atom stereocenters. The molecular formula is C25H19ClN2. The second-order valence-corrected chi connectivity index (χ2v) is 7.69. The van der Waals surface area contributed by atoms with Gasteiger partial charge in [0, 0.05) is 10.9 Å². The lowest BCUT2D eigenvalue weighted by Gasteiger charge is -2.17. The molecule has 3 aromatic carbocycles. The highest BCUT2D eigenvalue weighted by Crippen LogP contribution is 2.29. The molecule has 0 radical (unpaired) electrons. The third-order valence-electron chi connectivity index (χ3n) is 5.36. The van der Waals surface area contributed by atoms with Crippen molar-refractivity contribution in [1.29, 1.82) is 0 Å². The van der Waals surface area contributed by atoms with Crippen LogP contribution in [0.15, 0.2) is 72.8 Å². The van der Waals surface area contributed by atoms with Gasteiger partial charge in [-0.05, 0) is 51.6 Å². The minimum absolute atomic E-state index is 0.276. The minimum Gasteiger partial charge on any atom is -0.218 e. The summed E-state index contributed by atoms with van der Waals surface area (Å²) >= 11 is 6.17. The van der Waals surface area contributed by atoms with Crippen molar-refractivity contribution in [1.82, 2.24) is 9.97 Å². The predicted molar refractivity (Wildman–Crippen MR) is 116 cm³/mol. The SMILES string of the molecule is CC1C=c2ccccc2=C(c2ccc(-c3nc(Cl)nc4ccccc34)cc2)C1. The van der Waals surface area contributed by atoms with E-state index < -0.39 is 0 Å². The highest BCUT2D eigenvalue weighted by atomic mass is 35.5. The van der Waals surface area contributed by atoms with Gasteiger partial charge in [0.2, 0.25) is 5.28 Å². The molecule has 1 unspecified atom stereocenters. The lowest BCUT2D eigenvalue weighted by molar-refractivity contribution is 0.785. The normalized spacial score (nSPS) is 15.9. The first-order valence-electron chi connectivity index (χ1n) is 9.52. The van der Waals surface area contributed by atoms with Gasteiger partial charge in [0.15, 0.2) is 0 Å². The van der Waals surface area contributed by atoms with E-state index >= 15 is 0 Å². The second-order valence-electron chi connectivity index (χ2n) is 7.35. The van der Waals surface area contributed by atoms with Gasteiger partial charge >= 0.3 is 0 Å². The van der Waals surface area contributed by atoms with Gasteiger partial charge in [0.1, 0.15) is 0 Å². The molecule has 5 rings (SSSR count). The molecule has 1 aliphatic rings. The zero-order valence-electron chi connectivity index (χ0n) is 15.6. The van der Waals surface area contributed by atoms with E-state index in [2.05, 4.69) is 71.5 Å². The van der Waals surface area contributed by atoms with Crippen LogP contribution in [0.3, 0.4) is 0 Å². The molecule has 1 aromatic heterocycles. The van der Waals surface area contributed by atoms with Crippen LogP contribution in [0, 0.1) is 5.92 Å². The number of aromatic nitrogens is 2. The van der Waals surface area contributed by atoms with Crippen molar-refractivity contribution < 1.29 is 0 Å². The zero-order chi connectivity index (χ0) is 19.1. The van der Waals surface area contributed by atoms with Gasteiger partial charge in [-0.1, -0.05) is 79.7 Å². The molecule has 0 bridgehead atoms. The van der Waals surface area contributed by atoms with E-state index in [0.717, 1.165) is 28.6 Å². The Morgan fingerprint density at radius 2 is 1.54 bits per heavy atom. The van der Waals surface area contributed by atoms with Crippen LogP contribution in [-0.2, 0) is 0 Å². The van der Waals surface area contributed by atoms with Gasteiger partial charge in [-0.2, -0.15) is 0 Å². The van der Waals surface area contributed by atoms with Crippen molar-refractivity contribution in [2.75, 3.05) is 0 Å². The first-order valence-corrected chi connectivity index (χ1v) is 9.90. The van der Waals surface area contributed by atoms with E-state index in [1.807, 2.05) is 24.3 Å². The average molecular weight is 383 g/mol. The van der Waals surface area contributed by atoms with E-state index in [9.17, 15) is 0 Å². The first kappa shape index (κ1) is 17.2. The summed E-state index contributed by atoms with van der Waals surface area (Å²) in [5.74, 6) is 0.536. The molecule has 0 aliphatic heterocycles. The highest BCUT2D eigenvalue weighted by Gasteiger charge is 2.13. The molecule has 0 saturated carbocycles. The molecule has 136 valence electrons. The summed E-state index contributed by atoms with van der Waals surface area (Å²) in [6.07, 6.45) is 3.42. The maximum Gasteiger partial charge on any atom is 0.223 e. The monoisotopic (exact) mass is 382 g/mol. The van der Waals surface area contributed by atoms with Crippen LogP contribution in [0.1, 0.15) is 18.9 Å². The summed E-state index contributed by atoms with van der Waals surface area (Å²) in [5.41, 5.74) is 5.45. The van der Waals surface area contributed by atoms with Gasteiger partial charge in [-0.15, -0.1) is 0 Å². The number of rotatable bonds is 2. The predicted octanol–water partition coefficient (Wildman–Crippen LogP) is 4.97. The van der Waals surface area contributed by atoms with E-state index in [-0.39, 0.29) is 5.28 Å². The van der Waals surface area contributed by atoms with Crippen molar-refractivity contribution in [3.8, 4) is 11.3 Å². The molecule has 0 N–H and O–H groups in total. The van der Waals surface area contributed by atoms with Gasteiger partial charge in [0.05, 0.1) is 11.2 Å². The van der Waals surface area contributed by atoms with Gasteiger partial charge in [-0.25, -0.2) is 9.97 Å². The van der Waals surface area contributed by atoms with Crippen molar-refractivity contribution in [3.63, 3.8) is 0 Å². The quantitative estimate of drug-likeness (QED) is 0.457. The fourth-order valence-electron chi connectivity index (χ4n) is 4.09. The number of benzene rings is 3. The summed E-state index contributed by atoms with van der Waals surface area (Å²) in [4.78, 5) is 8.84. The van der Waals surface area contributed by atoms with Crippen LogP contribution in [-0.4, -0.2) is 9.97 Å². The van der Waals surface area contributed by atoms with Crippen LogP contribution in [0.5, 0.6) is 0 Å². The van der Waals surface area contributed by atoms with E-state index in [0.29, 0.717) is 5.92 Å². The molecule has 1 heterocycles. The summed E-state index contributed by atoms with van der Waals surface area (Å²) in [7, 11) is 0. The molecule has 0 spiro atoms. The average Bonchev–Trinajstić information content (AvgIpc) is 2.72. The number of hydrogen-bond acceptors (Lipinski definition) is 2. The number of fused-ring (bicyclic) bond motifs is 2. The maximum absolute atomic E-state index is 6.17. The van der Waals surface area contributed by atoms with Crippen LogP contribution in [0.2, 0.25) is 5.28 Å². The lowest BCUT2D eigenvalue weighted by Crippen LogP contribution is -2.31. The summed E-state index contributed by atoms with van der Waals surface area (Å²) in [6.45, 7) is 2.28. The number of hydrogen-bond donors (Lipinski definition) is 0. The summed E-state index contributed by atoms with van der Waals surface area (Å²) in [6, 6.07) is 25.3.